The molecule has 108 valence electrons. The second kappa shape index (κ2) is 5.57. The Labute approximate surface area is 120 Å². The Morgan fingerprint density at radius 1 is 1.30 bits per heavy atom. The first-order chi connectivity index (χ1) is 9.69. The minimum absolute atomic E-state index is 0.110. The Kier molecular flexibility index (Phi) is 3.79. The maximum Gasteiger partial charge on any atom is 0.223 e. The van der Waals surface area contributed by atoms with Gasteiger partial charge in [-0.3, -0.25) is 4.79 Å². The zero-order chi connectivity index (χ0) is 14.1. The summed E-state index contributed by atoms with van der Waals surface area (Å²) < 4.78 is 0. The van der Waals surface area contributed by atoms with E-state index in [1.54, 1.807) is 0 Å². The van der Waals surface area contributed by atoms with Crippen LogP contribution >= 0.6 is 0 Å². The normalized spacial score (nSPS) is 23.8. The van der Waals surface area contributed by atoms with Crippen molar-refractivity contribution in [3.63, 3.8) is 0 Å². The summed E-state index contributed by atoms with van der Waals surface area (Å²) in [5.74, 6) is 0.289. The fourth-order valence-electron chi connectivity index (χ4n) is 3.50. The van der Waals surface area contributed by atoms with Gasteiger partial charge in [0.05, 0.1) is 6.04 Å². The molecular formula is C17H23NO2. The van der Waals surface area contributed by atoms with Gasteiger partial charge in [-0.25, -0.2) is 0 Å². The molecule has 3 nitrogen and oxygen atoms in total. The first-order valence-electron chi connectivity index (χ1n) is 7.71. The first-order valence-corrected chi connectivity index (χ1v) is 7.71. The largest absolute Gasteiger partial charge is 0.396 e. The number of hydrogen-bond donors (Lipinski definition) is 1. The molecule has 1 N–H and O–H groups in total. The van der Waals surface area contributed by atoms with E-state index in [1.807, 2.05) is 4.90 Å². The molecule has 1 aromatic rings. The van der Waals surface area contributed by atoms with Crippen molar-refractivity contribution < 1.29 is 9.90 Å². The molecule has 1 aliphatic carbocycles. The predicted molar refractivity (Wildman–Crippen MR) is 78.4 cm³/mol. The number of hydrogen-bond acceptors (Lipinski definition) is 2. The lowest BCUT2D eigenvalue weighted by Crippen LogP contribution is -2.29. The van der Waals surface area contributed by atoms with Gasteiger partial charge in [0, 0.05) is 25.5 Å². The Bertz CT molecular complexity index is 512. The minimum atomic E-state index is 0.110. The molecule has 3 heteroatoms. The van der Waals surface area contributed by atoms with Gasteiger partial charge in [-0.1, -0.05) is 18.2 Å². The number of likely N-dealkylation sites (tertiary alicyclic amines) is 1. The molecule has 1 saturated heterocycles. The van der Waals surface area contributed by atoms with Gasteiger partial charge in [-0.2, -0.15) is 0 Å². The van der Waals surface area contributed by atoms with E-state index in [9.17, 15) is 9.90 Å². The van der Waals surface area contributed by atoms with E-state index in [4.69, 9.17) is 0 Å². The van der Waals surface area contributed by atoms with Crippen LogP contribution in [0.25, 0.3) is 0 Å². The molecule has 0 aromatic heterocycles. The number of aliphatic hydroxyl groups excluding tert-OH is 1. The lowest BCUT2D eigenvalue weighted by atomic mass is 9.89. The molecule has 1 heterocycles. The number of carbonyl (C=O) groups excluding carboxylic acids is 1. The van der Waals surface area contributed by atoms with Crippen LogP contribution < -0.4 is 0 Å². The summed E-state index contributed by atoms with van der Waals surface area (Å²) in [6.07, 6.45) is 5.43. The number of rotatable bonds is 3. The molecule has 3 rings (SSSR count). The van der Waals surface area contributed by atoms with Gasteiger partial charge in [0.25, 0.3) is 0 Å². The molecule has 1 aliphatic heterocycles. The van der Waals surface area contributed by atoms with Crippen LogP contribution in [0.4, 0.5) is 0 Å². The van der Waals surface area contributed by atoms with Crippen molar-refractivity contribution in [3.05, 3.63) is 34.9 Å². The van der Waals surface area contributed by atoms with Gasteiger partial charge in [0.15, 0.2) is 0 Å². The Morgan fingerprint density at radius 3 is 2.75 bits per heavy atom. The first kappa shape index (κ1) is 13.6. The van der Waals surface area contributed by atoms with E-state index >= 15 is 0 Å². The van der Waals surface area contributed by atoms with Crippen LogP contribution in [0, 0.1) is 5.92 Å². The Balaban J connectivity index is 1.80. The number of aryl methyl sites for hydroxylation is 2. The van der Waals surface area contributed by atoms with Crippen LogP contribution in [0.15, 0.2) is 18.2 Å². The van der Waals surface area contributed by atoms with Crippen LogP contribution in [0.1, 0.15) is 48.9 Å². The molecule has 2 unspecified atom stereocenters. The van der Waals surface area contributed by atoms with Crippen molar-refractivity contribution in [2.24, 2.45) is 5.92 Å². The molecule has 0 radical (unpaired) electrons. The molecule has 2 aliphatic rings. The monoisotopic (exact) mass is 273 g/mol. The summed E-state index contributed by atoms with van der Waals surface area (Å²) in [6.45, 7) is 2.90. The Hall–Kier alpha value is -1.35. The number of fused-ring (bicyclic) bond motifs is 1. The molecule has 0 bridgehead atoms. The number of amides is 1. The molecule has 0 saturated carbocycles. The van der Waals surface area contributed by atoms with Crippen molar-refractivity contribution in [1.82, 2.24) is 4.90 Å². The highest BCUT2D eigenvalue weighted by atomic mass is 16.3. The number of nitrogens with zero attached hydrogens (tertiary/aromatic N) is 1. The minimum Gasteiger partial charge on any atom is -0.396 e. The van der Waals surface area contributed by atoms with Gasteiger partial charge in [-0.15, -0.1) is 0 Å². The highest BCUT2D eigenvalue weighted by molar-refractivity contribution is 5.79. The van der Waals surface area contributed by atoms with Crippen molar-refractivity contribution >= 4 is 5.91 Å². The molecule has 1 aromatic carbocycles. The third-order valence-corrected chi connectivity index (χ3v) is 4.82. The average Bonchev–Trinajstić information content (AvgIpc) is 2.87. The lowest BCUT2D eigenvalue weighted by molar-refractivity contribution is -0.129. The van der Waals surface area contributed by atoms with E-state index in [0.29, 0.717) is 13.0 Å². The smallest absolute Gasteiger partial charge is 0.223 e. The molecule has 2 atom stereocenters. The van der Waals surface area contributed by atoms with Gasteiger partial charge in [0.2, 0.25) is 5.91 Å². The fourth-order valence-corrected chi connectivity index (χ4v) is 3.50. The second-order valence-corrected chi connectivity index (χ2v) is 6.21. The zero-order valence-corrected chi connectivity index (χ0v) is 12.1. The molecule has 1 fully saturated rings. The SMILES string of the molecule is CC(c1ccc2c(c1)CCCC2)N1CC(CO)CC1=O. The van der Waals surface area contributed by atoms with E-state index in [1.165, 1.54) is 42.4 Å². The van der Waals surface area contributed by atoms with Crippen LogP contribution in [0.2, 0.25) is 0 Å². The van der Waals surface area contributed by atoms with Gasteiger partial charge >= 0.3 is 0 Å². The topological polar surface area (TPSA) is 40.5 Å². The van der Waals surface area contributed by atoms with Crippen LogP contribution in [-0.4, -0.2) is 29.1 Å². The summed E-state index contributed by atoms with van der Waals surface area (Å²) in [6, 6.07) is 6.82. The van der Waals surface area contributed by atoms with Crippen LogP contribution in [0.3, 0.4) is 0 Å². The second-order valence-electron chi connectivity index (χ2n) is 6.21. The summed E-state index contributed by atoms with van der Waals surface area (Å²) >= 11 is 0. The number of aliphatic hydroxyl groups is 1. The predicted octanol–water partition coefficient (Wildman–Crippen LogP) is 2.47. The lowest BCUT2D eigenvalue weighted by Gasteiger charge is -2.27. The van der Waals surface area contributed by atoms with Crippen molar-refractivity contribution in [1.29, 1.82) is 0 Å². The molecule has 0 spiro atoms. The van der Waals surface area contributed by atoms with E-state index in [0.717, 1.165) is 0 Å². The van der Waals surface area contributed by atoms with Gasteiger partial charge in [-0.05, 0) is 49.3 Å². The number of carbonyl (C=O) groups is 1. The fraction of sp³-hybridized carbons (Fsp3) is 0.588. The summed E-state index contributed by atoms with van der Waals surface area (Å²) in [4.78, 5) is 14.0. The van der Waals surface area contributed by atoms with Crippen LogP contribution in [-0.2, 0) is 17.6 Å². The number of benzene rings is 1. The highest BCUT2D eigenvalue weighted by Gasteiger charge is 2.32. The van der Waals surface area contributed by atoms with Gasteiger partial charge < -0.3 is 10.0 Å². The standard InChI is InChI=1S/C17H23NO2/c1-12(18-10-13(11-19)8-17(18)20)15-7-6-14-4-2-3-5-16(14)9-15/h6-7,9,12-13,19H,2-5,8,10-11H2,1H3. The quantitative estimate of drug-likeness (QED) is 0.919. The maximum absolute atomic E-state index is 12.1. The summed E-state index contributed by atoms with van der Waals surface area (Å²) in [5.41, 5.74) is 4.18. The van der Waals surface area contributed by atoms with E-state index in [-0.39, 0.29) is 24.5 Å². The van der Waals surface area contributed by atoms with Crippen molar-refractivity contribution in [3.8, 4) is 0 Å². The third-order valence-electron chi connectivity index (χ3n) is 4.82. The molecular weight excluding hydrogens is 250 g/mol. The zero-order valence-electron chi connectivity index (χ0n) is 12.1. The van der Waals surface area contributed by atoms with E-state index in [2.05, 4.69) is 25.1 Å². The average molecular weight is 273 g/mol. The van der Waals surface area contributed by atoms with Crippen molar-refractivity contribution in [2.75, 3.05) is 13.2 Å². The van der Waals surface area contributed by atoms with Gasteiger partial charge in [0.1, 0.15) is 0 Å². The maximum atomic E-state index is 12.1. The van der Waals surface area contributed by atoms with Crippen LogP contribution in [0.5, 0.6) is 0 Å². The third kappa shape index (κ3) is 2.47. The molecule has 20 heavy (non-hydrogen) atoms. The van der Waals surface area contributed by atoms with Crippen molar-refractivity contribution in [2.45, 2.75) is 45.1 Å². The highest BCUT2D eigenvalue weighted by Crippen LogP contribution is 2.31. The van der Waals surface area contributed by atoms with E-state index < -0.39 is 0 Å². The summed E-state index contributed by atoms with van der Waals surface area (Å²) in [5, 5.41) is 9.23. The Morgan fingerprint density at radius 2 is 2.05 bits per heavy atom. The molecule has 1 amide bonds. The summed E-state index contributed by atoms with van der Waals surface area (Å²) in [7, 11) is 0.